The van der Waals surface area contributed by atoms with E-state index < -0.39 is 0 Å². The van der Waals surface area contributed by atoms with Crippen LogP contribution in [0.3, 0.4) is 0 Å². The van der Waals surface area contributed by atoms with Crippen LogP contribution < -0.4 is 5.73 Å². The van der Waals surface area contributed by atoms with Crippen molar-refractivity contribution in [3.8, 4) is 11.1 Å². The Kier molecular flexibility index (Phi) is 8.10. The average Bonchev–Trinajstić information content (AvgIpc) is 2.55. The van der Waals surface area contributed by atoms with E-state index >= 15 is 0 Å². The first-order chi connectivity index (χ1) is 11.1. The summed E-state index contributed by atoms with van der Waals surface area (Å²) in [5, 5.41) is 0. The molecule has 0 saturated heterocycles. The van der Waals surface area contributed by atoms with Crippen LogP contribution in [-0.4, -0.2) is 25.8 Å². The van der Waals surface area contributed by atoms with Gasteiger partial charge in [-0.2, -0.15) is 0 Å². The Morgan fingerprint density at radius 3 is 2.35 bits per heavy atom. The van der Waals surface area contributed by atoms with Crippen molar-refractivity contribution in [3.05, 3.63) is 52.5 Å². The van der Waals surface area contributed by atoms with Gasteiger partial charge in [0.1, 0.15) is 0 Å². The molecule has 0 aliphatic heterocycles. The summed E-state index contributed by atoms with van der Waals surface area (Å²) in [6.45, 7) is 2.28. The fraction of sp³-hybridized carbons (Fsp3) is 0.400. The summed E-state index contributed by atoms with van der Waals surface area (Å²) in [5.41, 5.74) is 10.6. The van der Waals surface area contributed by atoms with Gasteiger partial charge < -0.3 is 0 Å². The molecule has 1 atom stereocenters. The van der Waals surface area contributed by atoms with Gasteiger partial charge in [0, 0.05) is 0 Å². The van der Waals surface area contributed by atoms with E-state index in [1.165, 1.54) is 55.2 Å². The molecule has 1 nitrogen and oxygen atoms in total. The van der Waals surface area contributed by atoms with Crippen LogP contribution >= 0.6 is 15.9 Å². The van der Waals surface area contributed by atoms with Gasteiger partial charge in [0.2, 0.25) is 0 Å². The number of halogens is 1. The molecule has 120 valence electrons. The molecule has 2 rings (SSSR count). The molecule has 23 heavy (non-hydrogen) atoms. The van der Waals surface area contributed by atoms with Gasteiger partial charge in [-0.1, -0.05) is 0 Å². The SMILES string of the molecule is CCCCCC[CH]([Tl])Cc1ccc(-c2ccc(N)c(Br)c2)cc1. The van der Waals surface area contributed by atoms with Crippen molar-refractivity contribution in [1.29, 1.82) is 0 Å². The van der Waals surface area contributed by atoms with Crippen molar-refractivity contribution < 1.29 is 0 Å². The van der Waals surface area contributed by atoms with Crippen molar-refractivity contribution in [2.75, 3.05) is 5.73 Å². The zero-order valence-corrected chi connectivity index (χ0v) is 20.0. The fourth-order valence-corrected chi connectivity index (χ4v) is 5.13. The van der Waals surface area contributed by atoms with Crippen LogP contribution in [0.4, 0.5) is 5.69 Å². The van der Waals surface area contributed by atoms with Gasteiger partial charge in [-0.25, -0.2) is 0 Å². The maximum absolute atomic E-state index is 5.86. The van der Waals surface area contributed by atoms with Gasteiger partial charge >= 0.3 is 166 Å². The van der Waals surface area contributed by atoms with Crippen molar-refractivity contribution in [2.45, 2.75) is 48.9 Å². The second kappa shape index (κ2) is 9.82. The van der Waals surface area contributed by atoms with Gasteiger partial charge in [-0.05, 0) is 0 Å². The molecule has 0 saturated carbocycles. The molecule has 0 radical (unpaired) electrons. The normalized spacial score (nSPS) is 12.2. The summed E-state index contributed by atoms with van der Waals surface area (Å²) in [6.07, 6.45) is 8.21. The Balaban J connectivity index is 1.92. The number of hydrogen-bond donors (Lipinski definition) is 1. The molecular formula is C20H25BrNTl. The Labute approximate surface area is 164 Å². The number of anilines is 1. The van der Waals surface area contributed by atoms with Gasteiger partial charge in [0.15, 0.2) is 0 Å². The van der Waals surface area contributed by atoms with E-state index in [0.717, 1.165) is 39.4 Å². The van der Waals surface area contributed by atoms with E-state index in [1.54, 1.807) is 0 Å². The summed E-state index contributed by atoms with van der Waals surface area (Å²) in [4.78, 5) is 0. The first-order valence-electron chi connectivity index (χ1n) is 8.50. The van der Waals surface area contributed by atoms with Crippen molar-refractivity contribution in [3.63, 3.8) is 0 Å². The first kappa shape index (κ1) is 19.0. The molecule has 1 unspecified atom stereocenters. The summed E-state index contributed by atoms with van der Waals surface area (Å²) >= 11 is 4.58. The molecule has 0 aromatic heterocycles. The summed E-state index contributed by atoms with van der Waals surface area (Å²) in [5.74, 6) is 0. The molecule has 0 aliphatic carbocycles. The van der Waals surface area contributed by atoms with E-state index in [9.17, 15) is 0 Å². The third kappa shape index (κ3) is 6.22. The van der Waals surface area contributed by atoms with Crippen LogP contribution in [-0.2, 0) is 6.42 Å². The Hall–Kier alpha value is -0.358. The predicted molar refractivity (Wildman–Crippen MR) is 106 cm³/mol. The van der Waals surface area contributed by atoms with E-state index in [0.29, 0.717) is 0 Å². The molecule has 2 aromatic carbocycles. The van der Waals surface area contributed by atoms with Crippen LogP contribution in [0.1, 0.15) is 44.6 Å². The first-order valence-corrected chi connectivity index (χ1v) is 11.9. The Morgan fingerprint density at radius 2 is 1.70 bits per heavy atom. The number of nitrogens with two attached hydrogens (primary N) is 1. The van der Waals surface area contributed by atoms with Gasteiger partial charge in [-0.15, -0.1) is 0 Å². The predicted octanol–water partition coefficient (Wildman–Crippen LogP) is 6.17. The van der Waals surface area contributed by atoms with Gasteiger partial charge in [-0.3, -0.25) is 0 Å². The second-order valence-corrected chi connectivity index (χ2v) is 10.8. The molecule has 2 aromatic rings. The number of hydrogen-bond acceptors (Lipinski definition) is 1. The summed E-state index contributed by atoms with van der Waals surface area (Å²) in [7, 11) is 0. The van der Waals surface area contributed by atoms with E-state index in [1.807, 2.05) is 6.07 Å². The molecule has 3 heteroatoms. The van der Waals surface area contributed by atoms with Gasteiger partial charge in [0.25, 0.3) is 0 Å². The van der Waals surface area contributed by atoms with Crippen LogP contribution in [0.5, 0.6) is 0 Å². The Morgan fingerprint density at radius 1 is 1.00 bits per heavy atom. The molecule has 0 amide bonds. The standard InChI is InChI=1S/C20H25BrN.Tl/c1-2-3-4-5-6-7-8-16-9-11-17(12-10-16)18-13-14-20(22)19(21)15-18;/h7,9-15H,2-6,8,22H2,1H3;. The summed E-state index contributed by atoms with van der Waals surface area (Å²) < 4.78 is 1.90. The topological polar surface area (TPSA) is 26.0 Å². The van der Waals surface area contributed by atoms with Crippen molar-refractivity contribution >= 4 is 47.4 Å². The number of benzene rings is 2. The zero-order valence-electron chi connectivity index (χ0n) is 13.9. The van der Waals surface area contributed by atoms with Crippen LogP contribution in [0.15, 0.2) is 46.9 Å². The minimum atomic E-state index is 0.785. The molecule has 0 heterocycles. The fourth-order valence-electron chi connectivity index (χ4n) is 2.78. The molecule has 0 fully saturated rings. The van der Waals surface area contributed by atoms with Gasteiger partial charge in [0.05, 0.1) is 0 Å². The third-order valence-corrected chi connectivity index (χ3v) is 7.11. The Bertz CT molecular complexity index is 610. The number of nitrogen functional groups attached to an aromatic ring is 1. The second-order valence-electron chi connectivity index (χ2n) is 6.25. The number of rotatable bonds is 8. The van der Waals surface area contributed by atoms with Crippen LogP contribution in [0.2, 0.25) is 3.48 Å². The zero-order chi connectivity index (χ0) is 16.7. The van der Waals surface area contributed by atoms with Crippen LogP contribution in [0, 0.1) is 0 Å². The molecule has 0 spiro atoms. The van der Waals surface area contributed by atoms with E-state index in [-0.39, 0.29) is 0 Å². The molecule has 0 bridgehead atoms. The van der Waals surface area contributed by atoms with E-state index in [2.05, 4.69) is 59.3 Å². The van der Waals surface area contributed by atoms with E-state index in [4.69, 9.17) is 5.73 Å². The van der Waals surface area contributed by atoms with Crippen molar-refractivity contribution in [2.24, 2.45) is 0 Å². The maximum atomic E-state index is 5.86. The quantitative estimate of drug-likeness (QED) is 0.232. The molecule has 0 aliphatic rings. The summed E-state index contributed by atoms with van der Waals surface area (Å²) in [6, 6.07) is 15.2. The number of unbranched alkanes of at least 4 members (excludes halogenated alkanes) is 3. The van der Waals surface area contributed by atoms with Crippen molar-refractivity contribution in [1.82, 2.24) is 0 Å². The molecular weight excluding hydrogens is 539 g/mol. The van der Waals surface area contributed by atoms with Crippen LogP contribution in [0.25, 0.3) is 11.1 Å². The average molecular weight is 564 g/mol. The third-order valence-electron chi connectivity index (χ3n) is 4.21. The minimum absolute atomic E-state index is 0.785. The molecule has 2 N–H and O–H groups in total. The monoisotopic (exact) mass is 563 g/mol.